The number of rotatable bonds is 7. The Balaban J connectivity index is 1.94. The second-order valence-electron chi connectivity index (χ2n) is 6.06. The van der Waals surface area contributed by atoms with Crippen molar-refractivity contribution in [2.75, 3.05) is 25.9 Å². The van der Waals surface area contributed by atoms with E-state index < -0.39 is 5.91 Å². The largest absolute Gasteiger partial charge is 0.497 e. The molecule has 2 amide bonds. The summed E-state index contributed by atoms with van der Waals surface area (Å²) < 4.78 is 5.24. The highest BCUT2D eigenvalue weighted by molar-refractivity contribution is 7.19. The van der Waals surface area contributed by atoms with Crippen LogP contribution in [0.2, 0.25) is 0 Å². The van der Waals surface area contributed by atoms with Gasteiger partial charge in [-0.2, -0.15) is 0 Å². The Labute approximate surface area is 149 Å². The summed E-state index contributed by atoms with van der Waals surface area (Å²) in [6.07, 6.45) is 2.12. The predicted molar refractivity (Wildman–Crippen MR) is 96.3 cm³/mol. The number of carbonyl (C=O) groups excluding carboxylic acids is 2. The van der Waals surface area contributed by atoms with Crippen LogP contribution >= 0.6 is 11.3 Å². The lowest BCUT2D eigenvalue weighted by atomic mass is 10.1. The Morgan fingerprint density at radius 3 is 2.80 bits per heavy atom. The number of benzene rings is 1. The van der Waals surface area contributed by atoms with Crippen LogP contribution in [0.25, 0.3) is 10.4 Å². The van der Waals surface area contributed by atoms with Crippen molar-refractivity contribution >= 4 is 28.3 Å². The Morgan fingerprint density at radius 2 is 2.16 bits per heavy atom. The number of hydrogen-bond donors (Lipinski definition) is 2. The van der Waals surface area contributed by atoms with Gasteiger partial charge in [0, 0.05) is 6.54 Å². The molecule has 7 nitrogen and oxygen atoms in total. The van der Waals surface area contributed by atoms with Gasteiger partial charge in [0.2, 0.25) is 5.91 Å². The fraction of sp³-hybridized carbons (Fsp3) is 0.353. The van der Waals surface area contributed by atoms with Gasteiger partial charge >= 0.3 is 0 Å². The number of nitrogens with zero attached hydrogens (tertiary/aromatic N) is 2. The number of carbonyl (C=O) groups is 2. The highest BCUT2D eigenvalue weighted by atomic mass is 32.1. The van der Waals surface area contributed by atoms with Crippen molar-refractivity contribution in [3.63, 3.8) is 0 Å². The van der Waals surface area contributed by atoms with Crippen molar-refractivity contribution in [2.45, 2.75) is 12.8 Å². The van der Waals surface area contributed by atoms with E-state index in [1.807, 2.05) is 24.3 Å². The quantitative estimate of drug-likeness (QED) is 0.781. The van der Waals surface area contributed by atoms with Gasteiger partial charge in [-0.15, -0.1) is 0 Å². The van der Waals surface area contributed by atoms with Crippen LogP contribution in [0.1, 0.15) is 23.3 Å². The number of methoxy groups -OCH3 is 1. The third-order valence-electron chi connectivity index (χ3n) is 3.99. The van der Waals surface area contributed by atoms with E-state index >= 15 is 0 Å². The number of thiazole rings is 1. The molecule has 1 aromatic carbocycles. The fourth-order valence-corrected chi connectivity index (χ4v) is 3.43. The van der Waals surface area contributed by atoms with Gasteiger partial charge in [-0.25, -0.2) is 4.98 Å². The smallest absolute Gasteiger partial charge is 0.274 e. The molecule has 8 heteroatoms. The van der Waals surface area contributed by atoms with Crippen molar-refractivity contribution in [1.29, 1.82) is 0 Å². The Kier molecular flexibility index (Phi) is 4.89. The van der Waals surface area contributed by atoms with Crippen molar-refractivity contribution in [3.8, 4) is 16.2 Å². The number of primary amides is 1. The van der Waals surface area contributed by atoms with Crippen LogP contribution in [-0.2, 0) is 4.79 Å². The lowest BCUT2D eigenvalue weighted by Crippen LogP contribution is -2.40. The van der Waals surface area contributed by atoms with E-state index in [-0.39, 0.29) is 18.1 Å². The normalized spacial score (nSPS) is 13.5. The molecule has 2 aromatic rings. The molecule has 0 bridgehead atoms. The van der Waals surface area contributed by atoms with E-state index in [1.165, 1.54) is 16.2 Å². The molecule has 1 heterocycles. The SMILES string of the molecule is COc1cccc(-c2sc(N)nc2C(=O)N(CC(N)=O)CC2CC2)c1. The Morgan fingerprint density at radius 1 is 1.40 bits per heavy atom. The van der Waals surface area contributed by atoms with E-state index in [2.05, 4.69) is 4.98 Å². The maximum absolute atomic E-state index is 13.0. The van der Waals surface area contributed by atoms with Crippen LogP contribution in [0.5, 0.6) is 5.75 Å². The highest BCUT2D eigenvalue weighted by Gasteiger charge is 2.30. The maximum Gasteiger partial charge on any atom is 0.274 e. The number of aromatic nitrogens is 1. The van der Waals surface area contributed by atoms with Gasteiger partial charge < -0.3 is 21.1 Å². The number of anilines is 1. The van der Waals surface area contributed by atoms with Gasteiger partial charge in [-0.05, 0) is 36.5 Å². The molecule has 0 radical (unpaired) electrons. The van der Waals surface area contributed by atoms with Crippen LogP contribution in [0.3, 0.4) is 0 Å². The molecule has 4 N–H and O–H groups in total. The van der Waals surface area contributed by atoms with Crippen LogP contribution in [0.4, 0.5) is 5.13 Å². The van der Waals surface area contributed by atoms with Crippen LogP contribution < -0.4 is 16.2 Å². The summed E-state index contributed by atoms with van der Waals surface area (Å²) in [7, 11) is 1.58. The molecular weight excluding hydrogens is 340 g/mol. The van der Waals surface area contributed by atoms with Gasteiger partial charge in [0.1, 0.15) is 11.4 Å². The summed E-state index contributed by atoms with van der Waals surface area (Å²) in [5.41, 5.74) is 12.2. The highest BCUT2D eigenvalue weighted by Crippen LogP contribution is 2.35. The minimum absolute atomic E-state index is 0.121. The van der Waals surface area contributed by atoms with Gasteiger partial charge in [0.25, 0.3) is 5.91 Å². The second kappa shape index (κ2) is 7.10. The third kappa shape index (κ3) is 4.08. The second-order valence-corrected chi connectivity index (χ2v) is 7.09. The van der Waals surface area contributed by atoms with Crippen molar-refractivity contribution in [1.82, 2.24) is 9.88 Å². The van der Waals surface area contributed by atoms with Gasteiger partial charge in [-0.1, -0.05) is 23.5 Å². The maximum atomic E-state index is 13.0. The number of hydrogen-bond acceptors (Lipinski definition) is 6. The molecule has 1 aliphatic carbocycles. The number of nitrogen functional groups attached to an aromatic ring is 1. The van der Waals surface area contributed by atoms with E-state index in [1.54, 1.807) is 7.11 Å². The summed E-state index contributed by atoms with van der Waals surface area (Å²) in [6.45, 7) is 0.390. The van der Waals surface area contributed by atoms with Gasteiger partial charge in [0.05, 0.1) is 18.5 Å². The first kappa shape index (κ1) is 17.2. The first-order chi connectivity index (χ1) is 12.0. The molecule has 25 heavy (non-hydrogen) atoms. The lowest BCUT2D eigenvalue weighted by molar-refractivity contribution is -0.118. The summed E-state index contributed by atoms with van der Waals surface area (Å²) in [6, 6.07) is 7.35. The van der Waals surface area contributed by atoms with Gasteiger partial charge in [0.15, 0.2) is 5.13 Å². The average Bonchev–Trinajstić information content (AvgIpc) is 3.32. The Bertz CT molecular complexity index is 801. The van der Waals surface area contributed by atoms with Crippen LogP contribution in [0.15, 0.2) is 24.3 Å². The molecule has 0 unspecified atom stereocenters. The number of ether oxygens (including phenoxy) is 1. The zero-order valence-corrected chi connectivity index (χ0v) is 14.7. The molecule has 0 saturated heterocycles. The Hall–Kier alpha value is -2.61. The zero-order chi connectivity index (χ0) is 18.0. The standard InChI is InChI=1S/C17H20N4O3S/c1-24-12-4-2-3-11(7-12)15-14(20-17(19)25-15)16(23)21(9-13(18)22)8-10-5-6-10/h2-4,7,10H,5-6,8-9H2,1H3,(H2,18,22)(H2,19,20). The number of amides is 2. The summed E-state index contributed by atoms with van der Waals surface area (Å²) in [5, 5.41) is 0.298. The van der Waals surface area contributed by atoms with Crippen molar-refractivity contribution in [3.05, 3.63) is 30.0 Å². The molecule has 0 spiro atoms. The number of nitrogens with two attached hydrogens (primary N) is 2. The molecule has 1 aromatic heterocycles. The molecule has 132 valence electrons. The van der Waals surface area contributed by atoms with E-state index in [9.17, 15) is 9.59 Å². The molecule has 1 aliphatic rings. The summed E-state index contributed by atoms with van der Waals surface area (Å²) >= 11 is 1.23. The monoisotopic (exact) mass is 360 g/mol. The first-order valence-corrected chi connectivity index (χ1v) is 8.78. The molecule has 0 aliphatic heterocycles. The van der Waals surface area contributed by atoms with E-state index in [4.69, 9.17) is 16.2 Å². The van der Waals surface area contributed by atoms with E-state index in [0.717, 1.165) is 18.4 Å². The van der Waals surface area contributed by atoms with Crippen LogP contribution in [0, 0.1) is 5.92 Å². The molecule has 3 rings (SSSR count). The molecular formula is C17H20N4O3S. The molecule has 1 saturated carbocycles. The molecule has 0 atom stereocenters. The van der Waals surface area contributed by atoms with Gasteiger partial charge in [-0.3, -0.25) is 9.59 Å². The lowest BCUT2D eigenvalue weighted by Gasteiger charge is -2.20. The average molecular weight is 360 g/mol. The minimum Gasteiger partial charge on any atom is -0.497 e. The fourth-order valence-electron chi connectivity index (χ4n) is 2.61. The summed E-state index contributed by atoms with van der Waals surface area (Å²) in [4.78, 5) is 30.7. The molecule has 1 fully saturated rings. The minimum atomic E-state index is -0.542. The first-order valence-electron chi connectivity index (χ1n) is 7.96. The topological polar surface area (TPSA) is 112 Å². The zero-order valence-electron chi connectivity index (χ0n) is 13.9. The van der Waals surface area contributed by atoms with Crippen LogP contribution in [-0.4, -0.2) is 41.9 Å². The van der Waals surface area contributed by atoms with Crippen molar-refractivity contribution in [2.24, 2.45) is 11.7 Å². The predicted octanol–water partition coefficient (Wildman–Crippen LogP) is 1.74. The van der Waals surface area contributed by atoms with Crippen molar-refractivity contribution < 1.29 is 14.3 Å². The van der Waals surface area contributed by atoms with E-state index in [0.29, 0.717) is 28.2 Å². The third-order valence-corrected chi connectivity index (χ3v) is 4.92. The summed E-state index contributed by atoms with van der Waals surface area (Å²) in [5.74, 6) is 0.242.